The van der Waals surface area contributed by atoms with Crippen molar-refractivity contribution in [1.82, 2.24) is 15.5 Å². The van der Waals surface area contributed by atoms with Crippen molar-refractivity contribution >= 4 is 23.4 Å². The van der Waals surface area contributed by atoms with E-state index in [0.29, 0.717) is 5.01 Å². The second-order valence-corrected chi connectivity index (χ2v) is 9.37. The smallest absolute Gasteiger partial charge is 0.408 e. The summed E-state index contributed by atoms with van der Waals surface area (Å²) < 4.78 is 10.7. The fraction of sp³-hybridized carbons (Fsp3) is 0.500. The predicted octanol–water partition coefficient (Wildman–Crippen LogP) is 3.98. The molecule has 1 aromatic heterocycles. The zero-order valence-corrected chi connectivity index (χ0v) is 17.9. The lowest BCUT2D eigenvalue weighted by Crippen LogP contribution is -2.47. The molecule has 1 heterocycles. The van der Waals surface area contributed by atoms with Crippen LogP contribution in [0.2, 0.25) is 0 Å². The molecule has 0 radical (unpaired) electrons. The molecule has 0 unspecified atom stereocenters. The van der Waals surface area contributed by atoms with Crippen LogP contribution < -0.4 is 5.32 Å². The number of benzene rings is 1. The molecule has 1 amide bonds. The van der Waals surface area contributed by atoms with Crippen LogP contribution in [0, 0.1) is 0 Å². The van der Waals surface area contributed by atoms with Gasteiger partial charge >= 0.3 is 12.1 Å². The van der Waals surface area contributed by atoms with Crippen molar-refractivity contribution in [3.05, 3.63) is 35.3 Å². The molecule has 0 aliphatic heterocycles. The van der Waals surface area contributed by atoms with Gasteiger partial charge in [0, 0.05) is 12.0 Å². The zero-order valence-electron chi connectivity index (χ0n) is 17.1. The Hall–Kier alpha value is -2.48. The van der Waals surface area contributed by atoms with Gasteiger partial charge in [-0.1, -0.05) is 41.7 Å². The van der Waals surface area contributed by atoms with Gasteiger partial charge in [0.05, 0.1) is 0 Å². The van der Waals surface area contributed by atoms with E-state index in [9.17, 15) is 9.59 Å². The maximum atomic E-state index is 12.6. The average molecular weight is 406 g/mol. The van der Waals surface area contributed by atoms with Crippen molar-refractivity contribution in [2.75, 3.05) is 0 Å². The SMILES string of the molecule is CC(C)(C)OC(=O)N[C@@H](Cc1nnc(-c2ccccc2)s1)C(=O)OC(C)(C)C. The first kappa shape index (κ1) is 21.8. The van der Waals surface area contributed by atoms with Crippen LogP contribution in [0.25, 0.3) is 10.6 Å². The summed E-state index contributed by atoms with van der Waals surface area (Å²) in [6, 6.07) is 8.72. The number of rotatable bonds is 5. The molecule has 1 atom stereocenters. The molecule has 1 N–H and O–H groups in total. The number of amides is 1. The van der Waals surface area contributed by atoms with Gasteiger partial charge in [-0.05, 0) is 41.5 Å². The van der Waals surface area contributed by atoms with E-state index < -0.39 is 29.3 Å². The van der Waals surface area contributed by atoms with E-state index in [1.54, 1.807) is 41.5 Å². The lowest BCUT2D eigenvalue weighted by atomic mass is 10.1. The van der Waals surface area contributed by atoms with Crippen LogP contribution in [0.15, 0.2) is 30.3 Å². The molecular weight excluding hydrogens is 378 g/mol. The summed E-state index contributed by atoms with van der Waals surface area (Å²) in [6.45, 7) is 10.6. The Labute approximate surface area is 169 Å². The summed E-state index contributed by atoms with van der Waals surface area (Å²) in [6.07, 6.45) is -0.519. The third-order valence-electron chi connectivity index (χ3n) is 3.25. The first-order chi connectivity index (χ1) is 12.9. The third kappa shape index (κ3) is 7.26. The van der Waals surface area contributed by atoms with Crippen LogP contribution in [0.5, 0.6) is 0 Å². The second-order valence-electron chi connectivity index (χ2n) is 8.30. The molecule has 0 aliphatic carbocycles. The highest BCUT2D eigenvalue weighted by Crippen LogP contribution is 2.24. The highest BCUT2D eigenvalue weighted by atomic mass is 32.1. The molecule has 28 heavy (non-hydrogen) atoms. The van der Waals surface area contributed by atoms with Gasteiger partial charge in [-0.3, -0.25) is 0 Å². The number of nitrogens with zero attached hydrogens (tertiary/aromatic N) is 2. The van der Waals surface area contributed by atoms with E-state index >= 15 is 0 Å². The molecule has 0 fully saturated rings. The minimum atomic E-state index is -0.925. The van der Waals surface area contributed by atoms with Gasteiger partial charge in [0.2, 0.25) is 0 Å². The zero-order chi connectivity index (χ0) is 20.9. The molecule has 7 nitrogen and oxygen atoms in total. The molecule has 0 aliphatic rings. The molecule has 0 bridgehead atoms. The van der Waals surface area contributed by atoms with E-state index in [-0.39, 0.29) is 6.42 Å². The Bertz CT molecular complexity index is 807. The molecule has 1 aromatic carbocycles. The van der Waals surface area contributed by atoms with Gasteiger partial charge in [-0.15, -0.1) is 10.2 Å². The summed E-state index contributed by atoms with van der Waals surface area (Å²) in [7, 11) is 0. The van der Waals surface area contributed by atoms with Crippen LogP contribution in [0.1, 0.15) is 46.6 Å². The van der Waals surface area contributed by atoms with E-state index in [1.165, 1.54) is 11.3 Å². The Morgan fingerprint density at radius 2 is 1.61 bits per heavy atom. The van der Waals surface area contributed by atoms with Crippen LogP contribution in [-0.2, 0) is 20.7 Å². The molecule has 152 valence electrons. The highest BCUT2D eigenvalue weighted by molar-refractivity contribution is 7.14. The number of esters is 1. The van der Waals surface area contributed by atoms with Crippen molar-refractivity contribution in [3.8, 4) is 10.6 Å². The van der Waals surface area contributed by atoms with Crippen molar-refractivity contribution in [2.45, 2.75) is 65.2 Å². The van der Waals surface area contributed by atoms with Gasteiger partial charge in [0.1, 0.15) is 27.3 Å². The molecule has 0 spiro atoms. The normalized spacial score (nSPS) is 12.9. The Morgan fingerprint density at radius 3 is 2.18 bits per heavy atom. The molecule has 0 saturated heterocycles. The lowest BCUT2D eigenvalue weighted by Gasteiger charge is -2.25. The molecule has 2 aromatic rings. The van der Waals surface area contributed by atoms with Crippen molar-refractivity contribution < 1.29 is 19.1 Å². The molecule has 0 saturated carbocycles. The standard InChI is InChI=1S/C20H27N3O4S/c1-19(2,3)26-17(24)14(21-18(25)27-20(4,5)6)12-15-22-23-16(28-15)13-10-8-7-9-11-13/h7-11,14H,12H2,1-6H3,(H,21,25)/t14-/m0/s1. The maximum Gasteiger partial charge on any atom is 0.408 e. The molecule has 2 rings (SSSR count). The number of ether oxygens (including phenoxy) is 2. The van der Waals surface area contributed by atoms with E-state index in [0.717, 1.165) is 10.6 Å². The predicted molar refractivity (Wildman–Crippen MR) is 108 cm³/mol. The average Bonchev–Trinajstić information content (AvgIpc) is 3.00. The number of nitrogens with one attached hydrogen (secondary N) is 1. The minimum Gasteiger partial charge on any atom is -0.458 e. The minimum absolute atomic E-state index is 0.165. The fourth-order valence-electron chi connectivity index (χ4n) is 2.22. The summed E-state index contributed by atoms with van der Waals surface area (Å²) in [5.41, 5.74) is -0.410. The fourth-order valence-corrected chi connectivity index (χ4v) is 3.11. The highest BCUT2D eigenvalue weighted by Gasteiger charge is 2.30. The lowest BCUT2D eigenvalue weighted by molar-refractivity contribution is -0.157. The summed E-state index contributed by atoms with van der Waals surface area (Å²) in [5.74, 6) is -0.546. The first-order valence-corrected chi connectivity index (χ1v) is 9.85. The first-order valence-electron chi connectivity index (χ1n) is 9.03. The van der Waals surface area contributed by atoms with Gasteiger partial charge in [0.15, 0.2) is 0 Å². The van der Waals surface area contributed by atoms with Gasteiger partial charge in [-0.25, -0.2) is 9.59 Å². The second kappa shape index (κ2) is 8.68. The summed E-state index contributed by atoms with van der Waals surface area (Å²) >= 11 is 1.37. The number of hydrogen-bond donors (Lipinski definition) is 1. The van der Waals surface area contributed by atoms with Crippen molar-refractivity contribution in [3.63, 3.8) is 0 Å². The van der Waals surface area contributed by atoms with E-state index in [1.807, 2.05) is 30.3 Å². The van der Waals surface area contributed by atoms with Crippen molar-refractivity contribution in [2.24, 2.45) is 0 Å². The van der Waals surface area contributed by atoms with Crippen LogP contribution in [0.4, 0.5) is 4.79 Å². The Kier molecular flexibility index (Phi) is 6.77. The quantitative estimate of drug-likeness (QED) is 0.757. The van der Waals surface area contributed by atoms with Gasteiger partial charge in [0.25, 0.3) is 0 Å². The number of carbonyl (C=O) groups excluding carboxylic acids is 2. The van der Waals surface area contributed by atoms with E-state index in [4.69, 9.17) is 9.47 Å². The third-order valence-corrected chi connectivity index (χ3v) is 4.24. The van der Waals surface area contributed by atoms with Crippen LogP contribution in [-0.4, -0.2) is 39.5 Å². The van der Waals surface area contributed by atoms with Gasteiger partial charge < -0.3 is 14.8 Å². The largest absolute Gasteiger partial charge is 0.458 e. The summed E-state index contributed by atoms with van der Waals surface area (Å²) in [5, 5.41) is 12.3. The number of hydrogen-bond acceptors (Lipinski definition) is 7. The Morgan fingerprint density at radius 1 is 1.00 bits per heavy atom. The maximum absolute atomic E-state index is 12.6. The monoisotopic (exact) mass is 405 g/mol. The summed E-state index contributed by atoms with van der Waals surface area (Å²) in [4.78, 5) is 24.8. The van der Waals surface area contributed by atoms with E-state index in [2.05, 4.69) is 15.5 Å². The number of aromatic nitrogens is 2. The topological polar surface area (TPSA) is 90.4 Å². The van der Waals surface area contributed by atoms with Crippen LogP contribution >= 0.6 is 11.3 Å². The molecular formula is C20H27N3O4S. The number of alkyl carbamates (subject to hydrolysis) is 1. The van der Waals surface area contributed by atoms with Crippen LogP contribution in [0.3, 0.4) is 0 Å². The van der Waals surface area contributed by atoms with Gasteiger partial charge in [-0.2, -0.15) is 0 Å². The van der Waals surface area contributed by atoms with Crippen molar-refractivity contribution in [1.29, 1.82) is 0 Å². The number of carbonyl (C=O) groups is 2. The Balaban J connectivity index is 2.16. The molecule has 8 heteroatoms.